The van der Waals surface area contributed by atoms with Gasteiger partial charge in [0.2, 0.25) is 0 Å². The molecule has 2 aromatic carbocycles. The van der Waals surface area contributed by atoms with Crippen LogP contribution in [0.2, 0.25) is 0 Å². The third-order valence-electron chi connectivity index (χ3n) is 2.52. The molecule has 0 amide bonds. The zero-order valence-corrected chi connectivity index (χ0v) is 9.75. The molecule has 2 rings (SSSR count). The van der Waals surface area contributed by atoms with Crippen molar-refractivity contribution in [1.29, 1.82) is 0 Å². The quantitative estimate of drug-likeness (QED) is 0.797. The summed E-state index contributed by atoms with van der Waals surface area (Å²) in [6, 6.07) is 11.0. The largest absolute Gasteiger partial charge is 0.508 e. The van der Waals surface area contributed by atoms with Crippen LogP contribution in [0.4, 0.5) is 0 Å². The first kappa shape index (κ1) is 12.0. The van der Waals surface area contributed by atoms with Gasteiger partial charge in [0.15, 0.2) is 0 Å². The zero-order valence-electron chi connectivity index (χ0n) is 9.75. The Morgan fingerprint density at radius 2 is 1.67 bits per heavy atom. The van der Waals surface area contributed by atoms with Crippen molar-refractivity contribution in [1.82, 2.24) is 0 Å². The van der Waals surface area contributed by atoms with Gasteiger partial charge in [0.1, 0.15) is 11.5 Å². The van der Waals surface area contributed by atoms with E-state index in [0.29, 0.717) is 16.7 Å². The molecule has 0 aliphatic rings. The van der Waals surface area contributed by atoms with Crippen molar-refractivity contribution in [2.24, 2.45) is 0 Å². The Hall–Kier alpha value is -2.49. The Morgan fingerprint density at radius 1 is 1.00 bits per heavy atom. The Balaban J connectivity index is 2.47. The smallest absolute Gasteiger partial charge is 0.337 e. The Labute approximate surface area is 104 Å². The molecule has 0 bridgehead atoms. The number of hydrogen-bond donors (Lipinski definition) is 2. The molecule has 0 aliphatic carbocycles. The van der Waals surface area contributed by atoms with E-state index in [1.54, 1.807) is 24.3 Å². The number of phenolic OH excluding ortho intramolecular Hbond substituents is 2. The highest BCUT2D eigenvalue weighted by Gasteiger charge is 2.08. The van der Waals surface area contributed by atoms with E-state index in [9.17, 15) is 15.0 Å². The molecular weight excluding hydrogens is 232 g/mol. The fraction of sp³-hybridized carbons (Fsp3) is 0.0714. The maximum absolute atomic E-state index is 11.4. The summed E-state index contributed by atoms with van der Waals surface area (Å²) in [6.07, 6.45) is 0. The van der Waals surface area contributed by atoms with E-state index in [0.717, 1.165) is 0 Å². The Kier molecular flexibility index (Phi) is 3.19. The van der Waals surface area contributed by atoms with Gasteiger partial charge in [0.25, 0.3) is 0 Å². The molecule has 2 N–H and O–H groups in total. The van der Waals surface area contributed by atoms with Crippen molar-refractivity contribution < 1.29 is 19.7 Å². The number of ether oxygens (including phenoxy) is 1. The molecule has 0 aromatic heterocycles. The van der Waals surface area contributed by atoms with Gasteiger partial charge >= 0.3 is 5.97 Å². The van der Waals surface area contributed by atoms with E-state index in [1.807, 2.05) is 0 Å². The van der Waals surface area contributed by atoms with Gasteiger partial charge in [-0.2, -0.15) is 0 Å². The molecule has 0 radical (unpaired) electrons. The van der Waals surface area contributed by atoms with Crippen molar-refractivity contribution >= 4 is 5.97 Å². The summed E-state index contributed by atoms with van der Waals surface area (Å²) in [5.74, 6) is -0.497. The van der Waals surface area contributed by atoms with Gasteiger partial charge in [0.05, 0.1) is 12.7 Å². The van der Waals surface area contributed by atoms with Crippen LogP contribution >= 0.6 is 0 Å². The highest BCUT2D eigenvalue weighted by atomic mass is 16.5. The number of hydrogen-bond acceptors (Lipinski definition) is 4. The highest BCUT2D eigenvalue weighted by molar-refractivity contribution is 5.91. The number of carbonyl (C=O) groups excluding carboxylic acids is 1. The summed E-state index contributed by atoms with van der Waals surface area (Å²) in [4.78, 5) is 11.4. The van der Waals surface area contributed by atoms with Crippen LogP contribution in [0.3, 0.4) is 0 Å². The minimum atomic E-state index is -0.429. The maximum Gasteiger partial charge on any atom is 0.337 e. The van der Waals surface area contributed by atoms with Gasteiger partial charge in [-0.1, -0.05) is 12.1 Å². The molecule has 0 saturated heterocycles. The first-order valence-corrected chi connectivity index (χ1v) is 5.32. The predicted molar refractivity (Wildman–Crippen MR) is 66.5 cm³/mol. The number of aromatic hydroxyl groups is 2. The molecule has 0 fully saturated rings. The fourth-order valence-electron chi connectivity index (χ4n) is 1.71. The molecule has 18 heavy (non-hydrogen) atoms. The van der Waals surface area contributed by atoms with Crippen molar-refractivity contribution in [3.05, 3.63) is 48.0 Å². The summed E-state index contributed by atoms with van der Waals surface area (Å²) in [5, 5.41) is 18.9. The highest BCUT2D eigenvalue weighted by Crippen LogP contribution is 2.28. The second-order valence-electron chi connectivity index (χ2n) is 3.81. The molecule has 0 aliphatic heterocycles. The van der Waals surface area contributed by atoms with E-state index in [-0.39, 0.29) is 11.5 Å². The van der Waals surface area contributed by atoms with Crippen LogP contribution in [0.15, 0.2) is 42.5 Å². The number of benzene rings is 2. The fourth-order valence-corrected chi connectivity index (χ4v) is 1.71. The lowest BCUT2D eigenvalue weighted by Gasteiger charge is -2.06. The third-order valence-corrected chi connectivity index (χ3v) is 2.52. The summed E-state index contributed by atoms with van der Waals surface area (Å²) in [6.45, 7) is 0. The number of carbonyl (C=O) groups is 1. The molecule has 4 heteroatoms. The van der Waals surface area contributed by atoms with Gasteiger partial charge in [-0.15, -0.1) is 0 Å². The Bertz CT molecular complexity index is 570. The molecule has 0 spiro atoms. The van der Waals surface area contributed by atoms with E-state index >= 15 is 0 Å². The zero-order chi connectivity index (χ0) is 13.1. The lowest BCUT2D eigenvalue weighted by molar-refractivity contribution is 0.0601. The minimum Gasteiger partial charge on any atom is -0.508 e. The van der Waals surface area contributed by atoms with Crippen LogP contribution in [-0.4, -0.2) is 23.3 Å². The molecule has 0 atom stereocenters. The van der Waals surface area contributed by atoms with Crippen molar-refractivity contribution in [2.45, 2.75) is 0 Å². The topological polar surface area (TPSA) is 66.8 Å². The number of methoxy groups -OCH3 is 1. The van der Waals surface area contributed by atoms with E-state index in [1.165, 1.54) is 25.3 Å². The average molecular weight is 244 g/mol. The van der Waals surface area contributed by atoms with Gasteiger partial charge in [-0.3, -0.25) is 0 Å². The lowest BCUT2D eigenvalue weighted by Crippen LogP contribution is -2.00. The van der Waals surface area contributed by atoms with E-state index in [2.05, 4.69) is 4.74 Å². The monoisotopic (exact) mass is 244 g/mol. The minimum absolute atomic E-state index is 0.0338. The number of esters is 1. The number of rotatable bonds is 2. The summed E-state index contributed by atoms with van der Waals surface area (Å²) in [7, 11) is 1.31. The van der Waals surface area contributed by atoms with Gasteiger partial charge in [-0.25, -0.2) is 4.79 Å². The standard InChI is InChI=1S/C14H12O4/c1-18-14(17)10-4-2-3-9(5-10)11-6-12(15)8-13(16)7-11/h2-8,15-16H,1H3. The summed E-state index contributed by atoms with van der Waals surface area (Å²) < 4.78 is 4.64. The van der Waals surface area contributed by atoms with Crippen LogP contribution in [0, 0.1) is 0 Å². The first-order valence-electron chi connectivity index (χ1n) is 5.32. The third kappa shape index (κ3) is 2.43. The average Bonchev–Trinajstić information content (AvgIpc) is 2.37. The van der Waals surface area contributed by atoms with Gasteiger partial charge < -0.3 is 14.9 Å². The SMILES string of the molecule is COC(=O)c1cccc(-c2cc(O)cc(O)c2)c1. The van der Waals surface area contributed by atoms with Crippen molar-refractivity contribution in [3.63, 3.8) is 0 Å². The van der Waals surface area contributed by atoms with Crippen LogP contribution in [-0.2, 0) is 4.74 Å². The molecule has 92 valence electrons. The van der Waals surface area contributed by atoms with Crippen LogP contribution in [0.25, 0.3) is 11.1 Å². The van der Waals surface area contributed by atoms with Crippen LogP contribution < -0.4 is 0 Å². The molecule has 0 saturated carbocycles. The second kappa shape index (κ2) is 4.79. The second-order valence-corrected chi connectivity index (χ2v) is 3.81. The maximum atomic E-state index is 11.4. The molecule has 4 nitrogen and oxygen atoms in total. The molecule has 2 aromatic rings. The van der Waals surface area contributed by atoms with Gasteiger partial charge in [0, 0.05) is 6.07 Å². The van der Waals surface area contributed by atoms with E-state index in [4.69, 9.17) is 0 Å². The van der Waals surface area contributed by atoms with Gasteiger partial charge in [-0.05, 0) is 35.4 Å². The first-order chi connectivity index (χ1) is 8.60. The molecule has 0 heterocycles. The normalized spacial score (nSPS) is 10.1. The predicted octanol–water partition coefficient (Wildman–Crippen LogP) is 2.55. The number of phenols is 2. The van der Waals surface area contributed by atoms with Crippen LogP contribution in [0.5, 0.6) is 11.5 Å². The van der Waals surface area contributed by atoms with Crippen LogP contribution in [0.1, 0.15) is 10.4 Å². The molecule has 0 unspecified atom stereocenters. The summed E-state index contributed by atoms with van der Waals surface area (Å²) >= 11 is 0. The Morgan fingerprint density at radius 3 is 2.28 bits per heavy atom. The van der Waals surface area contributed by atoms with Crippen molar-refractivity contribution in [3.8, 4) is 22.6 Å². The van der Waals surface area contributed by atoms with Crippen molar-refractivity contribution in [2.75, 3.05) is 7.11 Å². The lowest BCUT2D eigenvalue weighted by atomic mass is 10.0. The van der Waals surface area contributed by atoms with E-state index < -0.39 is 5.97 Å². The summed E-state index contributed by atoms with van der Waals surface area (Å²) in [5.41, 5.74) is 1.75. The molecular formula is C14H12O4.